The van der Waals surface area contributed by atoms with Crippen LogP contribution >= 0.6 is 0 Å². The molecule has 0 atom stereocenters. The molecular formula is C16H21N3O2. The SMILES string of the molecule is NCC#Cc1cncc(C(=O)N(CCO)C2CCCC2)c1. The molecular weight excluding hydrogens is 266 g/mol. The number of hydrogen-bond acceptors (Lipinski definition) is 4. The first-order valence-electron chi connectivity index (χ1n) is 7.32. The third-order valence-corrected chi connectivity index (χ3v) is 3.69. The first-order chi connectivity index (χ1) is 10.3. The van der Waals surface area contributed by atoms with E-state index < -0.39 is 0 Å². The summed E-state index contributed by atoms with van der Waals surface area (Å²) in [6, 6.07) is 1.96. The van der Waals surface area contributed by atoms with Gasteiger partial charge in [0.2, 0.25) is 0 Å². The predicted molar refractivity (Wildman–Crippen MR) is 80.5 cm³/mol. The Bertz CT molecular complexity index is 542. The summed E-state index contributed by atoms with van der Waals surface area (Å²) >= 11 is 0. The van der Waals surface area contributed by atoms with E-state index >= 15 is 0 Å². The molecule has 1 fully saturated rings. The Kier molecular flexibility index (Phi) is 5.73. The van der Waals surface area contributed by atoms with Crippen molar-refractivity contribution in [1.82, 2.24) is 9.88 Å². The summed E-state index contributed by atoms with van der Waals surface area (Å²) in [6.45, 7) is 0.613. The number of aromatic nitrogens is 1. The van der Waals surface area contributed by atoms with Gasteiger partial charge in [0.25, 0.3) is 5.91 Å². The molecule has 1 saturated carbocycles. The molecule has 21 heavy (non-hydrogen) atoms. The van der Waals surface area contributed by atoms with Crippen LogP contribution in [0.15, 0.2) is 18.5 Å². The number of amides is 1. The van der Waals surface area contributed by atoms with Gasteiger partial charge in [-0.05, 0) is 18.9 Å². The van der Waals surface area contributed by atoms with Crippen molar-refractivity contribution >= 4 is 5.91 Å². The molecule has 0 unspecified atom stereocenters. The van der Waals surface area contributed by atoms with E-state index in [2.05, 4.69) is 16.8 Å². The molecule has 1 aromatic heterocycles. The van der Waals surface area contributed by atoms with Crippen LogP contribution in [0.3, 0.4) is 0 Å². The molecule has 2 rings (SSSR count). The van der Waals surface area contributed by atoms with Crippen molar-refractivity contribution in [2.75, 3.05) is 19.7 Å². The van der Waals surface area contributed by atoms with Gasteiger partial charge in [0, 0.05) is 30.5 Å². The number of carbonyl (C=O) groups is 1. The van der Waals surface area contributed by atoms with E-state index in [1.165, 1.54) is 0 Å². The van der Waals surface area contributed by atoms with Crippen molar-refractivity contribution in [2.45, 2.75) is 31.7 Å². The summed E-state index contributed by atoms with van der Waals surface area (Å²) in [4.78, 5) is 18.5. The molecule has 3 N–H and O–H groups in total. The average Bonchev–Trinajstić information content (AvgIpc) is 3.04. The van der Waals surface area contributed by atoms with Crippen molar-refractivity contribution < 1.29 is 9.90 Å². The largest absolute Gasteiger partial charge is 0.395 e. The lowest BCUT2D eigenvalue weighted by Crippen LogP contribution is -2.40. The van der Waals surface area contributed by atoms with Crippen LogP contribution < -0.4 is 5.73 Å². The lowest BCUT2D eigenvalue weighted by molar-refractivity contribution is 0.0637. The van der Waals surface area contributed by atoms with Crippen LogP contribution in [0.4, 0.5) is 0 Å². The molecule has 1 aliphatic carbocycles. The predicted octanol–water partition coefficient (Wildman–Crippen LogP) is 0.769. The van der Waals surface area contributed by atoms with Gasteiger partial charge in [-0.1, -0.05) is 24.7 Å². The second-order valence-corrected chi connectivity index (χ2v) is 5.13. The highest BCUT2D eigenvalue weighted by molar-refractivity contribution is 5.94. The van der Waals surface area contributed by atoms with Crippen LogP contribution in [0, 0.1) is 11.8 Å². The molecule has 1 aromatic rings. The van der Waals surface area contributed by atoms with Crippen molar-refractivity contribution in [1.29, 1.82) is 0 Å². The molecule has 0 radical (unpaired) electrons. The highest BCUT2D eigenvalue weighted by Gasteiger charge is 2.27. The maximum Gasteiger partial charge on any atom is 0.255 e. The summed E-state index contributed by atoms with van der Waals surface area (Å²) in [5.41, 5.74) is 6.54. The van der Waals surface area contributed by atoms with Gasteiger partial charge in [-0.15, -0.1) is 0 Å². The van der Waals surface area contributed by atoms with E-state index in [-0.39, 0.29) is 25.1 Å². The number of rotatable bonds is 4. The van der Waals surface area contributed by atoms with Gasteiger partial charge in [0.05, 0.1) is 18.7 Å². The molecule has 0 saturated heterocycles. The molecule has 0 aromatic carbocycles. The quantitative estimate of drug-likeness (QED) is 0.802. The van der Waals surface area contributed by atoms with E-state index in [0.29, 0.717) is 17.7 Å². The zero-order valence-corrected chi connectivity index (χ0v) is 12.1. The van der Waals surface area contributed by atoms with Gasteiger partial charge in [0.1, 0.15) is 0 Å². The van der Waals surface area contributed by atoms with Crippen LogP contribution in [0.5, 0.6) is 0 Å². The number of nitrogens with two attached hydrogens (primary N) is 1. The summed E-state index contributed by atoms with van der Waals surface area (Å²) < 4.78 is 0. The van der Waals surface area contributed by atoms with E-state index in [1.54, 1.807) is 23.4 Å². The fraction of sp³-hybridized carbons (Fsp3) is 0.500. The summed E-state index contributed by atoms with van der Waals surface area (Å²) in [5, 5.41) is 9.22. The second kappa shape index (κ2) is 7.77. The molecule has 5 nitrogen and oxygen atoms in total. The topological polar surface area (TPSA) is 79.5 Å². The minimum atomic E-state index is -0.0835. The molecule has 1 aliphatic rings. The lowest BCUT2D eigenvalue weighted by atomic mass is 10.1. The first kappa shape index (κ1) is 15.5. The lowest BCUT2D eigenvalue weighted by Gasteiger charge is -2.28. The van der Waals surface area contributed by atoms with Crippen LogP contribution in [0.1, 0.15) is 41.6 Å². The highest BCUT2D eigenvalue weighted by Crippen LogP contribution is 2.24. The van der Waals surface area contributed by atoms with E-state index in [0.717, 1.165) is 25.7 Å². The average molecular weight is 287 g/mol. The Morgan fingerprint density at radius 2 is 2.19 bits per heavy atom. The summed E-state index contributed by atoms with van der Waals surface area (Å²) in [7, 11) is 0. The number of aliphatic hydroxyl groups excluding tert-OH is 1. The Morgan fingerprint density at radius 1 is 1.43 bits per heavy atom. The third-order valence-electron chi connectivity index (χ3n) is 3.69. The van der Waals surface area contributed by atoms with Crippen LogP contribution in [0.25, 0.3) is 0 Å². The number of carbonyl (C=O) groups excluding carboxylic acids is 1. The Morgan fingerprint density at radius 3 is 2.86 bits per heavy atom. The maximum absolute atomic E-state index is 12.6. The molecule has 5 heteroatoms. The number of aliphatic hydroxyl groups is 1. The standard InChI is InChI=1S/C16H21N3O2/c17-7-3-4-13-10-14(12-18-11-13)16(21)19(8-9-20)15-5-1-2-6-15/h10-12,15,20H,1-2,5-9,17H2. The van der Waals surface area contributed by atoms with Gasteiger partial charge in [-0.2, -0.15) is 0 Å². The van der Waals surface area contributed by atoms with Crippen molar-refractivity contribution in [3.8, 4) is 11.8 Å². The highest BCUT2D eigenvalue weighted by atomic mass is 16.3. The van der Waals surface area contributed by atoms with Gasteiger partial charge in [-0.3, -0.25) is 9.78 Å². The van der Waals surface area contributed by atoms with Gasteiger partial charge < -0.3 is 15.7 Å². The molecule has 112 valence electrons. The molecule has 1 amide bonds. The molecule has 1 heterocycles. The smallest absolute Gasteiger partial charge is 0.255 e. The van der Waals surface area contributed by atoms with Crippen LogP contribution in [-0.4, -0.2) is 46.6 Å². The van der Waals surface area contributed by atoms with Gasteiger partial charge in [0.15, 0.2) is 0 Å². The Labute approximate surface area is 125 Å². The Balaban J connectivity index is 2.19. The number of nitrogens with zero attached hydrogens (tertiary/aromatic N) is 2. The normalized spacial score (nSPS) is 14.6. The van der Waals surface area contributed by atoms with Crippen molar-refractivity contribution in [3.63, 3.8) is 0 Å². The summed E-state index contributed by atoms with van der Waals surface area (Å²) in [6.07, 6.45) is 7.46. The molecule has 0 bridgehead atoms. The maximum atomic E-state index is 12.6. The number of pyridine rings is 1. The minimum Gasteiger partial charge on any atom is -0.395 e. The second-order valence-electron chi connectivity index (χ2n) is 5.13. The first-order valence-corrected chi connectivity index (χ1v) is 7.32. The molecule has 0 aliphatic heterocycles. The molecule has 0 spiro atoms. The van der Waals surface area contributed by atoms with Crippen molar-refractivity contribution in [2.24, 2.45) is 5.73 Å². The van der Waals surface area contributed by atoms with Crippen LogP contribution in [-0.2, 0) is 0 Å². The zero-order chi connectivity index (χ0) is 15.1. The van der Waals surface area contributed by atoms with Crippen LogP contribution in [0.2, 0.25) is 0 Å². The van der Waals surface area contributed by atoms with E-state index in [1.807, 2.05) is 0 Å². The third kappa shape index (κ3) is 4.03. The van der Waals surface area contributed by atoms with Gasteiger partial charge in [-0.25, -0.2) is 0 Å². The fourth-order valence-corrected chi connectivity index (χ4v) is 2.72. The van der Waals surface area contributed by atoms with E-state index in [9.17, 15) is 9.90 Å². The monoisotopic (exact) mass is 287 g/mol. The van der Waals surface area contributed by atoms with E-state index in [4.69, 9.17) is 5.73 Å². The zero-order valence-electron chi connectivity index (χ0n) is 12.1. The van der Waals surface area contributed by atoms with Gasteiger partial charge >= 0.3 is 0 Å². The minimum absolute atomic E-state index is 0.0255. The van der Waals surface area contributed by atoms with Crippen molar-refractivity contribution in [3.05, 3.63) is 29.6 Å². The Hall–Kier alpha value is -1.90. The summed E-state index contributed by atoms with van der Waals surface area (Å²) in [5.74, 6) is 5.55. The fourth-order valence-electron chi connectivity index (χ4n) is 2.72. The number of hydrogen-bond donors (Lipinski definition) is 2.